The summed E-state index contributed by atoms with van der Waals surface area (Å²) in [4.78, 5) is 4.25. The second kappa shape index (κ2) is 11.5. The van der Waals surface area contributed by atoms with Crippen LogP contribution in [0.5, 0.6) is 0 Å². The molecule has 2 aromatic carbocycles. The molecule has 0 aliphatic rings. The maximum absolute atomic E-state index is 13.2. The number of hydrogen-bond donors (Lipinski definition) is 2. The predicted octanol–water partition coefficient (Wildman–Crippen LogP) is 3.89. The number of benzene rings is 2. The van der Waals surface area contributed by atoms with E-state index in [-0.39, 0.29) is 29.8 Å². The molecule has 154 valence electrons. The number of guanidine groups is 1. The molecular formula is C22H27FIN5. The van der Waals surface area contributed by atoms with Crippen LogP contribution in [-0.2, 0) is 12.8 Å². The number of hydrogen-bond acceptors (Lipinski definition) is 2. The van der Waals surface area contributed by atoms with Crippen molar-refractivity contribution < 1.29 is 4.39 Å². The van der Waals surface area contributed by atoms with E-state index < -0.39 is 0 Å². The van der Waals surface area contributed by atoms with Gasteiger partial charge in [-0.2, -0.15) is 5.10 Å². The van der Waals surface area contributed by atoms with Gasteiger partial charge in [0.1, 0.15) is 5.82 Å². The Hall–Kier alpha value is -2.42. The van der Waals surface area contributed by atoms with Gasteiger partial charge in [0.2, 0.25) is 0 Å². The van der Waals surface area contributed by atoms with Crippen LogP contribution in [0.1, 0.15) is 16.7 Å². The van der Waals surface area contributed by atoms with Gasteiger partial charge in [-0.25, -0.2) is 9.07 Å². The largest absolute Gasteiger partial charge is 0.356 e. The van der Waals surface area contributed by atoms with Crippen LogP contribution in [0.2, 0.25) is 0 Å². The Labute approximate surface area is 188 Å². The number of halogens is 2. The molecule has 1 heterocycles. The van der Waals surface area contributed by atoms with Crippen LogP contribution in [-0.4, -0.2) is 35.9 Å². The Bertz CT molecular complexity index is 924. The first-order valence-corrected chi connectivity index (χ1v) is 9.44. The molecule has 1 aromatic heterocycles. The van der Waals surface area contributed by atoms with Gasteiger partial charge in [-0.15, -0.1) is 24.0 Å². The third-order valence-electron chi connectivity index (χ3n) is 4.58. The number of nitrogens with zero attached hydrogens (tertiary/aromatic N) is 3. The predicted molar refractivity (Wildman–Crippen MR) is 127 cm³/mol. The molecule has 3 aromatic rings. The lowest BCUT2D eigenvalue weighted by molar-refractivity contribution is 0.625. The van der Waals surface area contributed by atoms with E-state index in [9.17, 15) is 4.39 Å². The highest BCUT2D eigenvalue weighted by Gasteiger charge is 2.03. The Morgan fingerprint density at radius 1 is 1.07 bits per heavy atom. The van der Waals surface area contributed by atoms with Gasteiger partial charge in [0.15, 0.2) is 5.96 Å². The van der Waals surface area contributed by atoms with E-state index in [1.54, 1.807) is 13.1 Å². The molecule has 0 saturated carbocycles. The molecule has 3 rings (SSSR count). The number of para-hydroxylation sites is 1. The number of aryl methyl sites for hydroxylation is 1. The van der Waals surface area contributed by atoms with Crippen LogP contribution in [0.4, 0.5) is 4.39 Å². The summed E-state index contributed by atoms with van der Waals surface area (Å²) in [5.74, 6) is 0.567. The van der Waals surface area contributed by atoms with Gasteiger partial charge in [-0.05, 0) is 60.7 Å². The fraction of sp³-hybridized carbons (Fsp3) is 0.273. The number of aliphatic imine (C=N–C) groups is 1. The number of rotatable bonds is 7. The highest BCUT2D eigenvalue weighted by Crippen LogP contribution is 2.10. The normalized spacial score (nSPS) is 11.1. The van der Waals surface area contributed by atoms with Crippen molar-refractivity contribution in [1.82, 2.24) is 20.4 Å². The minimum Gasteiger partial charge on any atom is -0.356 e. The molecule has 5 nitrogen and oxygen atoms in total. The molecule has 2 N–H and O–H groups in total. The van der Waals surface area contributed by atoms with Gasteiger partial charge in [-0.3, -0.25) is 4.99 Å². The lowest BCUT2D eigenvalue weighted by atomic mass is 10.1. The van der Waals surface area contributed by atoms with E-state index in [2.05, 4.69) is 20.7 Å². The molecule has 0 aliphatic heterocycles. The van der Waals surface area contributed by atoms with Gasteiger partial charge in [0, 0.05) is 26.3 Å². The van der Waals surface area contributed by atoms with E-state index in [1.807, 2.05) is 60.4 Å². The van der Waals surface area contributed by atoms with Crippen LogP contribution in [0.25, 0.3) is 5.69 Å². The second-order valence-electron chi connectivity index (χ2n) is 6.63. The average Bonchev–Trinajstić information content (AvgIpc) is 3.18. The summed E-state index contributed by atoms with van der Waals surface area (Å²) in [5, 5.41) is 11.0. The zero-order valence-electron chi connectivity index (χ0n) is 16.7. The van der Waals surface area contributed by atoms with Crippen molar-refractivity contribution in [2.24, 2.45) is 4.99 Å². The summed E-state index contributed by atoms with van der Waals surface area (Å²) < 4.78 is 15.1. The lowest BCUT2D eigenvalue weighted by Gasteiger charge is -2.12. The molecule has 0 fully saturated rings. The fourth-order valence-electron chi connectivity index (χ4n) is 3.01. The first-order chi connectivity index (χ1) is 13.7. The van der Waals surface area contributed by atoms with Gasteiger partial charge < -0.3 is 10.6 Å². The highest BCUT2D eigenvalue weighted by atomic mass is 127. The average molecular weight is 507 g/mol. The van der Waals surface area contributed by atoms with Crippen molar-refractivity contribution in [3.63, 3.8) is 0 Å². The second-order valence-corrected chi connectivity index (χ2v) is 6.63. The number of aromatic nitrogens is 2. The van der Waals surface area contributed by atoms with Crippen LogP contribution in [0.3, 0.4) is 0 Å². The van der Waals surface area contributed by atoms with Gasteiger partial charge in [-0.1, -0.05) is 24.3 Å². The van der Waals surface area contributed by atoms with Crippen LogP contribution >= 0.6 is 24.0 Å². The van der Waals surface area contributed by atoms with Crippen molar-refractivity contribution in [3.05, 3.63) is 83.4 Å². The zero-order chi connectivity index (χ0) is 19.8. The summed E-state index contributed by atoms with van der Waals surface area (Å²) in [6, 6.07) is 15.0. The summed E-state index contributed by atoms with van der Waals surface area (Å²) in [6.07, 6.45) is 5.61. The lowest BCUT2D eigenvalue weighted by Crippen LogP contribution is -2.39. The van der Waals surface area contributed by atoms with E-state index in [0.717, 1.165) is 54.3 Å². The SMILES string of the molecule is CN=C(NCCc1cnn(-c2ccccc2)c1)NCCc1ccc(F)cc1C.I. The molecule has 0 bridgehead atoms. The van der Waals surface area contributed by atoms with E-state index in [1.165, 1.54) is 6.07 Å². The Morgan fingerprint density at radius 3 is 2.48 bits per heavy atom. The Morgan fingerprint density at radius 2 is 1.79 bits per heavy atom. The maximum Gasteiger partial charge on any atom is 0.190 e. The molecule has 7 heteroatoms. The monoisotopic (exact) mass is 507 g/mol. The molecular weight excluding hydrogens is 480 g/mol. The molecule has 0 spiro atoms. The van der Waals surface area contributed by atoms with Gasteiger partial charge in [0.25, 0.3) is 0 Å². The maximum atomic E-state index is 13.2. The van der Waals surface area contributed by atoms with Crippen molar-refractivity contribution >= 4 is 29.9 Å². The summed E-state index contributed by atoms with van der Waals surface area (Å²) in [6.45, 7) is 3.43. The fourth-order valence-corrected chi connectivity index (χ4v) is 3.01. The summed E-state index contributed by atoms with van der Waals surface area (Å²) in [7, 11) is 1.76. The number of nitrogens with one attached hydrogen (secondary N) is 2. The van der Waals surface area contributed by atoms with Crippen molar-refractivity contribution in [2.45, 2.75) is 19.8 Å². The third-order valence-corrected chi connectivity index (χ3v) is 4.58. The Kier molecular flexibility index (Phi) is 9.11. The van der Waals surface area contributed by atoms with Crippen LogP contribution in [0.15, 0.2) is 65.9 Å². The topological polar surface area (TPSA) is 54.2 Å². The molecule has 0 amide bonds. The first-order valence-electron chi connectivity index (χ1n) is 9.44. The molecule has 0 atom stereocenters. The van der Waals surface area contributed by atoms with Crippen molar-refractivity contribution in [2.75, 3.05) is 20.1 Å². The molecule has 29 heavy (non-hydrogen) atoms. The van der Waals surface area contributed by atoms with E-state index >= 15 is 0 Å². The molecule has 0 unspecified atom stereocenters. The zero-order valence-corrected chi connectivity index (χ0v) is 19.1. The standard InChI is InChI=1S/C22H26FN5.HI/c1-17-14-20(23)9-8-19(17)11-13-26-22(24-2)25-12-10-18-15-27-28(16-18)21-6-4-3-5-7-21;/h3-9,14-16H,10-13H2,1-2H3,(H2,24,25,26);1H. The minimum absolute atomic E-state index is 0. The van der Waals surface area contributed by atoms with Crippen LogP contribution in [0, 0.1) is 12.7 Å². The van der Waals surface area contributed by atoms with E-state index in [4.69, 9.17) is 0 Å². The minimum atomic E-state index is -0.192. The van der Waals surface area contributed by atoms with Crippen molar-refractivity contribution in [1.29, 1.82) is 0 Å². The Balaban J connectivity index is 0.00000300. The molecule has 0 saturated heterocycles. The first kappa shape index (κ1) is 22.9. The summed E-state index contributed by atoms with van der Waals surface area (Å²) >= 11 is 0. The molecule has 0 radical (unpaired) electrons. The molecule has 0 aliphatic carbocycles. The summed E-state index contributed by atoms with van der Waals surface area (Å²) in [5.41, 5.74) is 4.32. The third kappa shape index (κ3) is 6.85. The van der Waals surface area contributed by atoms with Crippen LogP contribution < -0.4 is 10.6 Å². The van der Waals surface area contributed by atoms with E-state index in [0.29, 0.717) is 0 Å². The van der Waals surface area contributed by atoms with Crippen molar-refractivity contribution in [3.8, 4) is 5.69 Å². The quantitative estimate of drug-likeness (QED) is 0.290. The smallest absolute Gasteiger partial charge is 0.190 e. The van der Waals surface area contributed by atoms with Gasteiger partial charge in [0.05, 0.1) is 11.9 Å². The van der Waals surface area contributed by atoms with Gasteiger partial charge >= 0.3 is 0 Å². The highest BCUT2D eigenvalue weighted by molar-refractivity contribution is 14.0.